The zero-order valence-corrected chi connectivity index (χ0v) is 11.0. The van der Waals surface area contributed by atoms with Crippen LogP contribution in [0.3, 0.4) is 0 Å². The van der Waals surface area contributed by atoms with Gasteiger partial charge in [0.1, 0.15) is 0 Å². The zero-order chi connectivity index (χ0) is 15.3. The number of benzene rings is 1. The molecule has 0 bridgehead atoms. The van der Waals surface area contributed by atoms with Crippen molar-refractivity contribution < 1.29 is 23.4 Å². The first kappa shape index (κ1) is 13.5. The Kier molecular flexibility index (Phi) is 2.93. The average Bonchev–Trinajstić information content (AvgIpc) is 3.21. The van der Waals surface area contributed by atoms with Crippen LogP contribution < -0.4 is 10.2 Å². The lowest BCUT2D eigenvalue weighted by molar-refractivity contribution is 0.143. The molecule has 1 aliphatic rings. The third-order valence-corrected chi connectivity index (χ3v) is 3.49. The van der Waals surface area contributed by atoms with Gasteiger partial charge in [-0.25, -0.2) is 13.6 Å². The molecule has 0 unspecified atom stereocenters. The van der Waals surface area contributed by atoms with Gasteiger partial charge in [0.2, 0.25) is 5.43 Å². The van der Waals surface area contributed by atoms with Gasteiger partial charge in [0.05, 0.1) is 17.1 Å². The molecule has 0 spiro atoms. The summed E-state index contributed by atoms with van der Waals surface area (Å²) in [7, 11) is 0. The molecule has 0 atom stereocenters. The van der Waals surface area contributed by atoms with Gasteiger partial charge in [0, 0.05) is 6.04 Å². The Morgan fingerprint density at radius 1 is 1.43 bits per heavy atom. The van der Waals surface area contributed by atoms with E-state index >= 15 is 0 Å². The van der Waals surface area contributed by atoms with Crippen LogP contribution in [0, 0.1) is 18.6 Å². The van der Waals surface area contributed by atoms with Crippen LogP contribution in [0.25, 0.3) is 10.9 Å². The summed E-state index contributed by atoms with van der Waals surface area (Å²) < 4.78 is 33.6. The van der Waals surface area contributed by atoms with E-state index in [1.54, 1.807) is 0 Å². The maximum Gasteiger partial charge on any atom is 0.511 e. The first-order valence-corrected chi connectivity index (χ1v) is 6.34. The van der Waals surface area contributed by atoms with Crippen LogP contribution >= 0.6 is 0 Å². The molecular weight excluding hydrogens is 284 g/mol. The number of rotatable bonds is 2. The lowest BCUT2D eigenvalue weighted by Gasteiger charge is -2.14. The van der Waals surface area contributed by atoms with Crippen LogP contribution in [-0.4, -0.2) is 15.8 Å². The Bertz CT molecular complexity index is 824. The van der Waals surface area contributed by atoms with Crippen LogP contribution in [0.2, 0.25) is 0 Å². The zero-order valence-electron chi connectivity index (χ0n) is 11.0. The van der Waals surface area contributed by atoms with E-state index in [4.69, 9.17) is 5.11 Å². The molecule has 1 fully saturated rings. The van der Waals surface area contributed by atoms with Crippen LogP contribution in [0.15, 0.2) is 17.1 Å². The standard InChI is InChI=1S/C14H11F2NO4/c1-6-4-8(15)11(16)12-10(6)13(18)9(21-14(19)20)5-17(12)7-2-3-7/h4-5,7H,2-3H2,1H3,(H,19,20). The largest absolute Gasteiger partial charge is 0.511 e. The maximum absolute atomic E-state index is 14.1. The highest BCUT2D eigenvalue weighted by Crippen LogP contribution is 2.39. The third-order valence-electron chi connectivity index (χ3n) is 3.49. The molecule has 7 heteroatoms. The van der Waals surface area contributed by atoms with E-state index in [0.717, 1.165) is 25.1 Å². The highest BCUT2D eigenvalue weighted by Gasteiger charge is 2.29. The quantitative estimate of drug-likeness (QED) is 0.865. The number of nitrogens with zero attached hydrogens (tertiary/aromatic N) is 1. The molecule has 0 saturated heterocycles. The van der Waals surface area contributed by atoms with Gasteiger partial charge in [0.25, 0.3) is 0 Å². The minimum absolute atomic E-state index is 0.0560. The van der Waals surface area contributed by atoms with Crippen molar-refractivity contribution in [2.75, 3.05) is 0 Å². The molecule has 1 aromatic carbocycles. The number of aromatic nitrogens is 1. The van der Waals surface area contributed by atoms with E-state index in [2.05, 4.69) is 4.74 Å². The third kappa shape index (κ3) is 2.14. The molecule has 5 nitrogen and oxygen atoms in total. The van der Waals surface area contributed by atoms with Gasteiger partial charge in [0.15, 0.2) is 17.4 Å². The van der Waals surface area contributed by atoms with Crippen LogP contribution in [-0.2, 0) is 0 Å². The Labute approximate surface area is 117 Å². The monoisotopic (exact) mass is 295 g/mol. The second kappa shape index (κ2) is 4.54. The molecule has 0 radical (unpaired) electrons. The lowest BCUT2D eigenvalue weighted by atomic mass is 10.1. The van der Waals surface area contributed by atoms with Gasteiger partial charge in [-0.15, -0.1) is 0 Å². The van der Waals surface area contributed by atoms with Crippen LogP contribution in [0.5, 0.6) is 5.75 Å². The van der Waals surface area contributed by atoms with Crippen molar-refractivity contribution in [3.05, 3.63) is 39.7 Å². The number of carbonyl (C=O) groups is 1. The van der Waals surface area contributed by atoms with Gasteiger partial charge in [-0.05, 0) is 31.4 Å². The smallest absolute Gasteiger partial charge is 0.449 e. The van der Waals surface area contributed by atoms with Crippen molar-refractivity contribution in [1.82, 2.24) is 4.57 Å². The van der Waals surface area contributed by atoms with E-state index < -0.39 is 29.0 Å². The molecule has 3 rings (SSSR count). The van der Waals surface area contributed by atoms with E-state index in [9.17, 15) is 18.4 Å². The first-order chi connectivity index (χ1) is 9.90. The van der Waals surface area contributed by atoms with Crippen molar-refractivity contribution in [3.63, 3.8) is 0 Å². The van der Waals surface area contributed by atoms with Gasteiger partial charge >= 0.3 is 6.16 Å². The second-order valence-electron chi connectivity index (χ2n) is 5.04. The molecule has 1 N–H and O–H groups in total. The van der Waals surface area contributed by atoms with Gasteiger partial charge < -0.3 is 14.4 Å². The molecule has 110 valence electrons. The molecule has 0 amide bonds. The van der Waals surface area contributed by atoms with Crippen molar-refractivity contribution in [2.24, 2.45) is 0 Å². The van der Waals surface area contributed by atoms with Crippen LogP contribution in [0.1, 0.15) is 24.4 Å². The normalized spacial score (nSPS) is 14.4. The number of halogens is 2. The van der Waals surface area contributed by atoms with Gasteiger partial charge in [-0.3, -0.25) is 4.79 Å². The van der Waals surface area contributed by atoms with Gasteiger partial charge in [-0.1, -0.05) is 0 Å². The van der Waals surface area contributed by atoms with E-state index in [1.807, 2.05) is 0 Å². The fraction of sp³-hybridized carbons (Fsp3) is 0.286. The number of hydrogen-bond acceptors (Lipinski definition) is 3. The highest BCUT2D eigenvalue weighted by atomic mass is 19.2. The Morgan fingerprint density at radius 3 is 2.67 bits per heavy atom. The summed E-state index contributed by atoms with van der Waals surface area (Å²) in [6.45, 7) is 1.47. The molecule has 1 heterocycles. The summed E-state index contributed by atoms with van der Waals surface area (Å²) in [5, 5.41) is 8.62. The molecule has 2 aromatic rings. The van der Waals surface area contributed by atoms with Crippen molar-refractivity contribution >= 4 is 17.1 Å². The molecule has 1 aromatic heterocycles. The Hall–Kier alpha value is -2.44. The molecule has 21 heavy (non-hydrogen) atoms. The molecule has 0 aliphatic heterocycles. The summed E-state index contributed by atoms with van der Waals surface area (Å²) >= 11 is 0. The summed E-state index contributed by atoms with van der Waals surface area (Å²) in [5.41, 5.74) is -0.669. The topological polar surface area (TPSA) is 68.5 Å². The number of aryl methyl sites for hydroxylation is 1. The summed E-state index contributed by atoms with van der Waals surface area (Å²) in [6, 6.07) is 0.834. The Balaban J connectivity index is 2.43. The molecule has 1 saturated carbocycles. The minimum Gasteiger partial charge on any atom is -0.449 e. The lowest BCUT2D eigenvalue weighted by Crippen LogP contribution is -2.18. The number of pyridine rings is 1. The number of hydrogen-bond donors (Lipinski definition) is 1. The average molecular weight is 295 g/mol. The molecular formula is C14H11F2NO4. The number of fused-ring (bicyclic) bond motifs is 1. The summed E-state index contributed by atoms with van der Waals surface area (Å²) in [6.07, 6.45) is 1.01. The first-order valence-electron chi connectivity index (χ1n) is 6.34. The van der Waals surface area contributed by atoms with E-state index in [0.29, 0.717) is 0 Å². The fourth-order valence-corrected chi connectivity index (χ4v) is 2.44. The molecule has 1 aliphatic carbocycles. The van der Waals surface area contributed by atoms with Crippen molar-refractivity contribution in [1.29, 1.82) is 0 Å². The van der Waals surface area contributed by atoms with Crippen LogP contribution in [0.4, 0.5) is 13.6 Å². The van der Waals surface area contributed by atoms with Crippen molar-refractivity contribution in [2.45, 2.75) is 25.8 Å². The maximum atomic E-state index is 14.1. The predicted octanol–water partition coefficient (Wildman–Crippen LogP) is 2.98. The Morgan fingerprint density at radius 2 is 2.10 bits per heavy atom. The minimum atomic E-state index is -1.63. The van der Waals surface area contributed by atoms with Crippen molar-refractivity contribution in [3.8, 4) is 5.75 Å². The SMILES string of the molecule is Cc1cc(F)c(F)c2c1c(=O)c(OC(=O)O)cn2C1CC1. The predicted molar refractivity (Wildman–Crippen MR) is 69.8 cm³/mol. The number of ether oxygens (including phenoxy) is 1. The fourth-order valence-electron chi connectivity index (χ4n) is 2.44. The number of carboxylic acid groups (broad SMARTS) is 1. The summed E-state index contributed by atoms with van der Waals surface area (Å²) in [5.74, 6) is -2.56. The van der Waals surface area contributed by atoms with E-state index in [-0.39, 0.29) is 22.5 Å². The highest BCUT2D eigenvalue weighted by molar-refractivity contribution is 5.85. The summed E-state index contributed by atoms with van der Waals surface area (Å²) in [4.78, 5) is 22.9. The van der Waals surface area contributed by atoms with E-state index in [1.165, 1.54) is 11.5 Å². The second-order valence-corrected chi connectivity index (χ2v) is 5.04. The van der Waals surface area contributed by atoms with Gasteiger partial charge in [-0.2, -0.15) is 0 Å².